The molecule has 0 saturated heterocycles. The molecule has 2 heterocycles. The molecule has 0 saturated carbocycles. The van der Waals surface area contributed by atoms with E-state index in [0.717, 1.165) is 5.69 Å². The van der Waals surface area contributed by atoms with Crippen molar-refractivity contribution in [3.8, 4) is 5.75 Å². The van der Waals surface area contributed by atoms with Gasteiger partial charge in [-0.05, 0) is 18.7 Å². The Morgan fingerprint density at radius 2 is 2.39 bits per heavy atom. The Morgan fingerprint density at radius 1 is 1.56 bits per heavy atom. The van der Waals surface area contributed by atoms with Crippen LogP contribution in [0.25, 0.3) is 5.65 Å². The first-order valence-electron chi connectivity index (χ1n) is 5.72. The lowest BCUT2D eigenvalue weighted by Crippen LogP contribution is -2.05. The Hall–Kier alpha value is -2.08. The number of carboxylic acids is 1. The van der Waals surface area contributed by atoms with Crippen LogP contribution >= 0.6 is 0 Å². The topological polar surface area (TPSA) is 89.8 Å². The molecule has 2 aromatic rings. The van der Waals surface area contributed by atoms with Crippen molar-refractivity contribution in [3.63, 3.8) is 0 Å². The first-order valence-corrected chi connectivity index (χ1v) is 5.72. The minimum absolute atomic E-state index is 0.0303. The van der Waals surface area contributed by atoms with E-state index in [9.17, 15) is 4.79 Å². The van der Waals surface area contributed by atoms with Gasteiger partial charge in [0.2, 0.25) is 0 Å². The number of hydrogen-bond acceptors (Lipinski definition) is 4. The molecule has 0 aliphatic carbocycles. The van der Waals surface area contributed by atoms with Crippen LogP contribution in [0.1, 0.15) is 12.1 Å². The average molecular weight is 249 g/mol. The molecule has 0 aromatic carbocycles. The summed E-state index contributed by atoms with van der Waals surface area (Å²) in [7, 11) is 0. The Balaban J connectivity index is 2.18. The molecule has 0 radical (unpaired) electrons. The standard InChI is InChI=1S/C12H15N3O3/c13-5-3-9-8-15-6-1-2-10(12(15)14-9)18-7-4-11(16)17/h1-2,6,8H,3-5,7,13H2,(H,16,17). The molecule has 0 aliphatic heterocycles. The maximum atomic E-state index is 10.4. The van der Waals surface area contributed by atoms with Crippen molar-refractivity contribution in [3.05, 3.63) is 30.2 Å². The van der Waals surface area contributed by atoms with Crippen LogP contribution in [0.3, 0.4) is 0 Å². The first-order chi connectivity index (χ1) is 8.70. The largest absolute Gasteiger partial charge is 0.489 e. The van der Waals surface area contributed by atoms with Crippen molar-refractivity contribution in [1.29, 1.82) is 0 Å². The summed E-state index contributed by atoms with van der Waals surface area (Å²) in [5.41, 5.74) is 7.07. The van der Waals surface area contributed by atoms with Crippen LogP contribution in [0.15, 0.2) is 24.5 Å². The van der Waals surface area contributed by atoms with Crippen LogP contribution in [-0.2, 0) is 11.2 Å². The summed E-state index contributed by atoms with van der Waals surface area (Å²) in [6.07, 6.45) is 4.44. The Kier molecular flexibility index (Phi) is 3.78. The molecule has 6 heteroatoms. The molecular weight excluding hydrogens is 234 g/mol. The van der Waals surface area contributed by atoms with Crippen LogP contribution in [0.4, 0.5) is 0 Å². The van der Waals surface area contributed by atoms with Gasteiger partial charge in [-0.2, -0.15) is 0 Å². The molecule has 0 spiro atoms. The predicted molar refractivity (Wildman–Crippen MR) is 65.7 cm³/mol. The second kappa shape index (κ2) is 5.50. The number of aromatic nitrogens is 2. The van der Waals surface area contributed by atoms with Gasteiger partial charge < -0.3 is 20.0 Å². The lowest BCUT2D eigenvalue weighted by Gasteiger charge is -2.05. The normalized spacial score (nSPS) is 10.7. The summed E-state index contributed by atoms with van der Waals surface area (Å²) in [5, 5.41) is 8.56. The van der Waals surface area contributed by atoms with Crippen molar-refractivity contribution in [2.45, 2.75) is 12.8 Å². The molecule has 6 nitrogen and oxygen atoms in total. The summed E-state index contributed by atoms with van der Waals surface area (Å²) >= 11 is 0. The summed E-state index contributed by atoms with van der Waals surface area (Å²) in [5.74, 6) is -0.295. The van der Waals surface area contributed by atoms with Crippen LogP contribution in [0.2, 0.25) is 0 Å². The number of pyridine rings is 1. The smallest absolute Gasteiger partial charge is 0.306 e. The van der Waals surface area contributed by atoms with Gasteiger partial charge in [-0.1, -0.05) is 0 Å². The summed E-state index contributed by atoms with van der Waals surface area (Å²) in [6, 6.07) is 3.60. The van der Waals surface area contributed by atoms with E-state index >= 15 is 0 Å². The van der Waals surface area contributed by atoms with Gasteiger partial charge in [-0.15, -0.1) is 0 Å². The van der Waals surface area contributed by atoms with E-state index in [1.165, 1.54) is 0 Å². The zero-order valence-electron chi connectivity index (χ0n) is 9.87. The Bertz CT molecular complexity index is 550. The fourth-order valence-electron chi connectivity index (χ4n) is 1.67. The minimum Gasteiger partial charge on any atom is -0.489 e. The maximum absolute atomic E-state index is 10.4. The number of carboxylic acid groups (broad SMARTS) is 1. The summed E-state index contributed by atoms with van der Waals surface area (Å²) < 4.78 is 7.27. The third-order valence-electron chi connectivity index (χ3n) is 2.47. The second-order valence-corrected chi connectivity index (χ2v) is 3.87. The highest BCUT2D eigenvalue weighted by Gasteiger charge is 2.07. The lowest BCUT2D eigenvalue weighted by atomic mass is 10.3. The number of carbonyl (C=O) groups is 1. The first kappa shape index (κ1) is 12.4. The number of ether oxygens (including phenoxy) is 1. The van der Waals surface area contributed by atoms with Gasteiger partial charge in [-0.25, -0.2) is 4.98 Å². The quantitative estimate of drug-likeness (QED) is 0.786. The number of hydrogen-bond donors (Lipinski definition) is 2. The van der Waals surface area contributed by atoms with Crippen molar-refractivity contribution in [2.24, 2.45) is 5.73 Å². The van der Waals surface area contributed by atoms with Gasteiger partial charge in [0.05, 0.1) is 18.7 Å². The summed E-state index contributed by atoms with van der Waals surface area (Å²) in [6.45, 7) is 0.674. The van der Waals surface area contributed by atoms with Crippen molar-refractivity contribution >= 4 is 11.6 Å². The number of rotatable bonds is 6. The van der Waals surface area contributed by atoms with Crippen molar-refractivity contribution < 1.29 is 14.6 Å². The molecule has 2 rings (SSSR count). The molecule has 18 heavy (non-hydrogen) atoms. The van der Waals surface area contributed by atoms with Gasteiger partial charge in [0.15, 0.2) is 11.4 Å². The van der Waals surface area contributed by atoms with E-state index in [1.54, 1.807) is 6.07 Å². The Morgan fingerprint density at radius 3 is 3.11 bits per heavy atom. The number of nitrogens with two attached hydrogens (primary N) is 1. The summed E-state index contributed by atoms with van der Waals surface area (Å²) in [4.78, 5) is 14.8. The molecule has 0 fully saturated rings. The molecule has 0 aliphatic rings. The highest BCUT2D eigenvalue weighted by molar-refractivity contribution is 5.66. The molecule has 0 unspecified atom stereocenters. The molecular formula is C12H15N3O3. The third kappa shape index (κ3) is 2.78. The average Bonchev–Trinajstić information content (AvgIpc) is 2.72. The van der Waals surface area contributed by atoms with E-state index in [-0.39, 0.29) is 13.0 Å². The zero-order valence-corrected chi connectivity index (χ0v) is 9.87. The Labute approximate surface area is 104 Å². The van der Waals surface area contributed by atoms with Crippen LogP contribution < -0.4 is 10.5 Å². The fourth-order valence-corrected chi connectivity index (χ4v) is 1.67. The maximum Gasteiger partial charge on any atom is 0.306 e. The molecule has 0 amide bonds. The van der Waals surface area contributed by atoms with Gasteiger partial charge in [0, 0.05) is 18.8 Å². The highest BCUT2D eigenvalue weighted by Crippen LogP contribution is 2.19. The highest BCUT2D eigenvalue weighted by atomic mass is 16.5. The second-order valence-electron chi connectivity index (χ2n) is 3.87. The number of fused-ring (bicyclic) bond motifs is 1. The number of nitrogens with zero attached hydrogens (tertiary/aromatic N) is 2. The molecule has 0 atom stereocenters. The van der Waals surface area contributed by atoms with Crippen molar-refractivity contribution in [2.75, 3.05) is 13.2 Å². The molecule has 2 aromatic heterocycles. The van der Waals surface area contributed by atoms with E-state index in [4.69, 9.17) is 15.6 Å². The van der Waals surface area contributed by atoms with Crippen LogP contribution in [0, 0.1) is 0 Å². The van der Waals surface area contributed by atoms with Gasteiger partial charge in [0.25, 0.3) is 0 Å². The SMILES string of the molecule is NCCc1cn2cccc(OCCC(=O)O)c2n1. The predicted octanol–water partition coefficient (Wildman–Crippen LogP) is 0.689. The minimum atomic E-state index is -0.880. The van der Waals surface area contributed by atoms with Gasteiger partial charge >= 0.3 is 5.97 Å². The van der Waals surface area contributed by atoms with E-state index in [1.807, 2.05) is 22.9 Å². The lowest BCUT2D eigenvalue weighted by molar-refractivity contribution is -0.137. The monoisotopic (exact) mass is 249 g/mol. The van der Waals surface area contributed by atoms with Crippen LogP contribution in [-0.4, -0.2) is 33.6 Å². The zero-order chi connectivity index (χ0) is 13.0. The van der Waals surface area contributed by atoms with E-state index in [0.29, 0.717) is 24.4 Å². The van der Waals surface area contributed by atoms with Crippen molar-refractivity contribution in [1.82, 2.24) is 9.38 Å². The van der Waals surface area contributed by atoms with Gasteiger partial charge in [-0.3, -0.25) is 4.79 Å². The van der Waals surface area contributed by atoms with E-state index in [2.05, 4.69) is 4.98 Å². The number of aliphatic carboxylic acids is 1. The van der Waals surface area contributed by atoms with E-state index < -0.39 is 5.97 Å². The third-order valence-corrected chi connectivity index (χ3v) is 2.47. The number of imidazole rings is 1. The van der Waals surface area contributed by atoms with Crippen LogP contribution in [0.5, 0.6) is 5.75 Å². The molecule has 0 bridgehead atoms. The van der Waals surface area contributed by atoms with Gasteiger partial charge in [0.1, 0.15) is 0 Å². The molecule has 3 N–H and O–H groups in total. The molecule has 96 valence electrons. The fraction of sp³-hybridized carbons (Fsp3) is 0.333.